The third kappa shape index (κ3) is 4.34. The third-order valence-electron chi connectivity index (χ3n) is 11.3. The Morgan fingerprint density at radius 1 is 0.339 bits per heavy atom. The summed E-state index contributed by atoms with van der Waals surface area (Å²) in [4.78, 5) is 16.6. The molecule has 0 fully saturated rings. The number of benzene rings is 9. The Morgan fingerprint density at radius 3 is 1.54 bits per heavy atom. The van der Waals surface area contributed by atoms with Crippen LogP contribution in [-0.4, -0.2) is 24.1 Å². The fourth-order valence-electron chi connectivity index (χ4n) is 8.98. The van der Waals surface area contributed by atoms with Gasteiger partial charge in [-0.05, 0) is 45.8 Å². The van der Waals surface area contributed by atoms with E-state index in [4.69, 9.17) is 15.0 Å². The van der Waals surface area contributed by atoms with Gasteiger partial charge in [-0.15, -0.1) is 0 Å². The van der Waals surface area contributed by atoms with Gasteiger partial charge in [0.05, 0.1) is 27.8 Å². The van der Waals surface area contributed by atoms with E-state index in [-0.39, 0.29) is 0 Å². The topological polar surface area (TPSA) is 48.5 Å². The van der Waals surface area contributed by atoms with Crippen LogP contribution in [-0.2, 0) is 0 Å². The first-order chi connectivity index (χ1) is 27.8. The summed E-state index contributed by atoms with van der Waals surface area (Å²) in [6.07, 6.45) is 0. The molecule has 0 amide bonds. The maximum Gasteiger partial charge on any atom is 0.235 e. The van der Waals surface area contributed by atoms with Crippen molar-refractivity contribution in [2.75, 3.05) is 0 Å². The van der Waals surface area contributed by atoms with Crippen molar-refractivity contribution in [3.63, 3.8) is 0 Å². The zero-order valence-electron chi connectivity index (χ0n) is 30.1. The molecule has 3 heterocycles. The van der Waals surface area contributed by atoms with E-state index in [2.05, 4.69) is 191 Å². The fourth-order valence-corrected chi connectivity index (χ4v) is 8.98. The number of rotatable bonds is 4. The van der Waals surface area contributed by atoms with E-state index in [1.54, 1.807) is 0 Å². The zero-order valence-corrected chi connectivity index (χ0v) is 30.1. The lowest BCUT2D eigenvalue weighted by molar-refractivity contribution is 1.02. The molecule has 5 nitrogen and oxygen atoms in total. The molecule has 0 radical (unpaired) electrons. The van der Waals surface area contributed by atoms with Gasteiger partial charge < -0.3 is 0 Å². The molecule has 0 spiro atoms. The van der Waals surface area contributed by atoms with E-state index < -0.39 is 0 Å². The van der Waals surface area contributed by atoms with Gasteiger partial charge in [0, 0.05) is 43.7 Å². The molecule has 0 aliphatic heterocycles. The van der Waals surface area contributed by atoms with Crippen molar-refractivity contribution >= 4 is 76.1 Å². The minimum atomic E-state index is 0.607. The fraction of sp³-hybridized carbons (Fsp3) is 0. The second kappa shape index (κ2) is 11.9. The minimum absolute atomic E-state index is 0.607. The SMILES string of the molecule is c1ccc(-c2nc(-n3c4ccccc4c4c5c6ccccc6c6ccccc6c5c5c(nc(-c6ccccc6)n5-c5ccccc5)c43)nc3ccccc23)cc1. The minimum Gasteiger partial charge on any atom is -0.292 e. The zero-order chi connectivity index (χ0) is 36.7. The van der Waals surface area contributed by atoms with Gasteiger partial charge in [-0.1, -0.05) is 164 Å². The van der Waals surface area contributed by atoms with Crippen molar-refractivity contribution in [1.82, 2.24) is 24.1 Å². The summed E-state index contributed by atoms with van der Waals surface area (Å²) in [5.74, 6) is 1.48. The monoisotopic (exact) mass is 713 g/mol. The molecule has 0 unspecified atom stereocenters. The number of hydrogen-bond donors (Lipinski definition) is 0. The van der Waals surface area contributed by atoms with E-state index in [1.165, 1.54) is 32.3 Å². The summed E-state index contributed by atoms with van der Waals surface area (Å²) in [7, 11) is 0. The van der Waals surface area contributed by atoms with Crippen LogP contribution in [0.3, 0.4) is 0 Å². The predicted octanol–water partition coefficient (Wildman–Crippen LogP) is 12.9. The van der Waals surface area contributed by atoms with Crippen LogP contribution in [0, 0.1) is 0 Å². The molecule has 5 heteroatoms. The Labute approximate surface area is 321 Å². The quantitative estimate of drug-likeness (QED) is 0.171. The molecule has 0 saturated heterocycles. The highest BCUT2D eigenvalue weighted by Crippen LogP contribution is 2.49. The van der Waals surface area contributed by atoms with Crippen LogP contribution >= 0.6 is 0 Å². The molecule has 56 heavy (non-hydrogen) atoms. The van der Waals surface area contributed by atoms with Gasteiger partial charge in [0.25, 0.3) is 0 Å². The molecule has 3 aromatic heterocycles. The summed E-state index contributed by atoms with van der Waals surface area (Å²) < 4.78 is 4.64. The van der Waals surface area contributed by atoms with Crippen LogP contribution in [0.1, 0.15) is 0 Å². The summed E-state index contributed by atoms with van der Waals surface area (Å²) in [5.41, 5.74) is 8.85. The second-order valence-electron chi connectivity index (χ2n) is 14.3. The number of fused-ring (bicyclic) bond motifs is 14. The smallest absolute Gasteiger partial charge is 0.235 e. The highest BCUT2D eigenvalue weighted by molar-refractivity contribution is 6.42. The molecule has 9 aromatic carbocycles. The van der Waals surface area contributed by atoms with Crippen LogP contribution in [0.4, 0.5) is 0 Å². The first kappa shape index (κ1) is 30.8. The van der Waals surface area contributed by atoms with Crippen molar-refractivity contribution < 1.29 is 0 Å². The van der Waals surface area contributed by atoms with Gasteiger partial charge >= 0.3 is 0 Å². The molecular weight excluding hydrogens is 683 g/mol. The summed E-state index contributed by atoms with van der Waals surface area (Å²) in [6, 6.07) is 66.3. The molecule has 0 aliphatic carbocycles. The van der Waals surface area contributed by atoms with Gasteiger partial charge in [0.15, 0.2) is 0 Å². The van der Waals surface area contributed by atoms with Gasteiger partial charge in [0.1, 0.15) is 11.3 Å². The van der Waals surface area contributed by atoms with Crippen LogP contribution in [0.25, 0.3) is 110 Å². The normalized spacial score (nSPS) is 11.9. The van der Waals surface area contributed by atoms with Crippen LogP contribution in [0.2, 0.25) is 0 Å². The maximum atomic E-state index is 5.74. The largest absolute Gasteiger partial charge is 0.292 e. The van der Waals surface area contributed by atoms with Gasteiger partial charge in [-0.25, -0.2) is 15.0 Å². The number of hydrogen-bond acceptors (Lipinski definition) is 3. The molecule has 0 N–H and O–H groups in total. The standard InChI is InChI=1S/C51H31N5/c1-4-18-32(19-5-1)46-39-28-14-16-30-41(39)52-51(54-46)56-42-31-17-15-29-40(42)45-43-37-26-12-10-24-35(37)36-25-11-13-27-38(36)44(43)48-47(49(45)56)53-50(33-20-6-2-7-21-33)55(48)34-22-8-3-9-23-34/h1-31H. The summed E-state index contributed by atoms with van der Waals surface area (Å²) in [6.45, 7) is 0. The third-order valence-corrected chi connectivity index (χ3v) is 11.3. The van der Waals surface area contributed by atoms with E-state index >= 15 is 0 Å². The van der Waals surface area contributed by atoms with Crippen molar-refractivity contribution in [2.24, 2.45) is 0 Å². The van der Waals surface area contributed by atoms with E-state index in [9.17, 15) is 0 Å². The van der Waals surface area contributed by atoms with Crippen molar-refractivity contribution in [2.45, 2.75) is 0 Å². The van der Waals surface area contributed by atoms with Gasteiger partial charge in [-0.2, -0.15) is 0 Å². The molecule has 260 valence electrons. The summed E-state index contributed by atoms with van der Waals surface area (Å²) in [5, 5.41) is 10.5. The molecule has 12 aromatic rings. The summed E-state index contributed by atoms with van der Waals surface area (Å²) >= 11 is 0. The number of para-hydroxylation sites is 3. The molecular formula is C51H31N5. The Kier molecular flexibility index (Phi) is 6.56. The van der Waals surface area contributed by atoms with Crippen molar-refractivity contribution in [3.8, 4) is 34.3 Å². The Morgan fingerprint density at radius 2 is 0.839 bits per heavy atom. The lowest BCUT2D eigenvalue weighted by Crippen LogP contribution is -2.04. The predicted molar refractivity (Wildman–Crippen MR) is 232 cm³/mol. The van der Waals surface area contributed by atoms with Crippen molar-refractivity contribution in [3.05, 3.63) is 188 Å². The first-order valence-corrected chi connectivity index (χ1v) is 19.0. The average Bonchev–Trinajstić information content (AvgIpc) is 3.84. The number of nitrogens with zero attached hydrogens (tertiary/aromatic N) is 5. The second-order valence-corrected chi connectivity index (χ2v) is 14.3. The molecule has 0 atom stereocenters. The van der Waals surface area contributed by atoms with E-state index in [1.807, 2.05) is 6.07 Å². The Bertz CT molecular complexity index is 3510. The lowest BCUT2D eigenvalue weighted by Gasteiger charge is -2.16. The van der Waals surface area contributed by atoms with E-state index in [0.717, 1.165) is 72.1 Å². The lowest BCUT2D eigenvalue weighted by atomic mass is 9.90. The molecule has 0 bridgehead atoms. The van der Waals surface area contributed by atoms with Crippen LogP contribution in [0.15, 0.2) is 188 Å². The van der Waals surface area contributed by atoms with Crippen LogP contribution < -0.4 is 0 Å². The van der Waals surface area contributed by atoms with Gasteiger partial charge in [-0.3, -0.25) is 9.13 Å². The van der Waals surface area contributed by atoms with Crippen LogP contribution in [0.5, 0.6) is 0 Å². The van der Waals surface area contributed by atoms with E-state index in [0.29, 0.717) is 5.95 Å². The van der Waals surface area contributed by atoms with Gasteiger partial charge in [0.2, 0.25) is 5.95 Å². The number of aromatic nitrogens is 5. The Hall–Kier alpha value is -7.63. The average molecular weight is 714 g/mol. The Balaban J connectivity index is 1.39. The molecule has 0 saturated carbocycles. The highest BCUT2D eigenvalue weighted by Gasteiger charge is 2.28. The molecule has 0 aliphatic rings. The number of imidazole rings is 1. The first-order valence-electron chi connectivity index (χ1n) is 19.0. The molecule has 12 rings (SSSR count). The maximum absolute atomic E-state index is 5.74. The van der Waals surface area contributed by atoms with Crippen molar-refractivity contribution in [1.29, 1.82) is 0 Å². The highest BCUT2D eigenvalue weighted by atomic mass is 15.2.